The monoisotopic (exact) mass is 1310 g/mol. The highest BCUT2D eigenvalue weighted by atomic mass is 32.1. The van der Waals surface area contributed by atoms with Crippen molar-refractivity contribution in [3.05, 3.63) is 182 Å². The van der Waals surface area contributed by atoms with Gasteiger partial charge >= 0.3 is 11.9 Å². The standard InChI is InChI=1S/C38H42FN3O4S.C37H40FN3O5S/c1-23-8-13-29(30(39)16-23)27-19-40-34(41-20-27)25-11-9-24(10-12-25)17-26(18-31(43)32-14-15-33(47-32)37(2,3)4)35(44)42-21-28(22-42)36(45)46-38(5,6)7;1-36(2,3)32-14-13-31(47-32)30(43)16-24(34(44)41-20-26(21-41)35(45)46-37(4,5)6)15-22-7-9-23(10-8-22)33-39-18-25(19-40-33)28-12-11-27(42)17-29(28)38/h8-16,19-20,26,28H,17-18,21-22H2,1-7H3;7-14,17-19,24,26,42H,15-16,20-21H2,1-6H3/t26-;24-/m11/s1. The van der Waals surface area contributed by atoms with Crippen molar-refractivity contribution in [2.24, 2.45) is 23.7 Å². The number of nitrogens with zero attached hydrogens (tertiary/aromatic N) is 6. The van der Waals surface area contributed by atoms with E-state index in [4.69, 9.17) is 9.47 Å². The van der Waals surface area contributed by atoms with Gasteiger partial charge in [0, 0.05) is 125 Å². The van der Waals surface area contributed by atoms with E-state index >= 15 is 0 Å². The number of rotatable bonds is 18. The first-order valence-corrected chi connectivity index (χ1v) is 33.2. The SMILES string of the molecule is CC(C)(C)OC(=O)C1CN(C(=O)[C@@H](CC(=O)c2ccc(C(C)(C)C)s2)Cc2ccc(-c3ncc(-c4ccc(O)cc4F)cn3)cc2)C1.Cc1ccc(-c2cnc(-c3ccc(C[C@H](CC(=O)c4ccc(C(C)(C)C)s4)C(=O)N4CC(C(=O)OC(C)(C)C)C4)cc3)nc2)c(F)c1. The normalized spacial score (nSPS) is 14.4. The van der Waals surface area contributed by atoms with Crippen LogP contribution in [-0.4, -0.2) is 108 Å². The maximum Gasteiger partial charge on any atom is 0.313 e. The first kappa shape index (κ1) is 69.7. The molecule has 10 rings (SSSR count). The van der Waals surface area contributed by atoms with E-state index in [9.17, 15) is 42.7 Å². The second kappa shape index (κ2) is 28.5. The van der Waals surface area contributed by atoms with Crippen LogP contribution in [0.4, 0.5) is 8.78 Å². The Morgan fingerprint density at radius 2 is 0.862 bits per heavy atom. The van der Waals surface area contributed by atoms with E-state index in [0.29, 0.717) is 50.9 Å². The molecular formula is C75H82F2N6O9S2. The lowest BCUT2D eigenvalue weighted by Crippen LogP contribution is -2.56. The fourth-order valence-corrected chi connectivity index (χ4v) is 12.8. The van der Waals surface area contributed by atoms with Gasteiger partial charge < -0.3 is 24.4 Å². The maximum atomic E-state index is 14.5. The number of halogens is 2. The summed E-state index contributed by atoms with van der Waals surface area (Å²) in [5, 5.41) is 9.49. The Kier molecular flexibility index (Phi) is 21.1. The molecule has 0 spiro atoms. The molecule has 4 aromatic carbocycles. The van der Waals surface area contributed by atoms with Gasteiger partial charge in [-0.25, -0.2) is 28.7 Å². The van der Waals surface area contributed by atoms with Crippen LogP contribution in [0.5, 0.6) is 5.75 Å². The fraction of sp³-hybridized carbons (Fsp3) is 0.387. The summed E-state index contributed by atoms with van der Waals surface area (Å²) in [5.41, 5.74) is 4.56. The zero-order valence-electron chi connectivity index (χ0n) is 55.6. The Balaban J connectivity index is 0.000000221. The quantitative estimate of drug-likeness (QED) is 0.0629. The van der Waals surface area contributed by atoms with E-state index in [1.165, 1.54) is 53.3 Å². The van der Waals surface area contributed by atoms with Crippen LogP contribution in [0.25, 0.3) is 45.0 Å². The Hall–Kier alpha value is -8.68. The highest BCUT2D eigenvalue weighted by Gasteiger charge is 2.43. The van der Waals surface area contributed by atoms with Gasteiger partial charge in [0.2, 0.25) is 11.8 Å². The second-order valence-electron chi connectivity index (χ2n) is 28.5. The third-order valence-corrected chi connectivity index (χ3v) is 19.2. The molecule has 2 saturated heterocycles. The van der Waals surface area contributed by atoms with E-state index in [-0.39, 0.29) is 114 Å². The number of Topliss-reactive ketones (excluding diaryl/α,β-unsaturated/α-hetero) is 2. The van der Waals surface area contributed by atoms with Gasteiger partial charge in [0.1, 0.15) is 28.6 Å². The van der Waals surface area contributed by atoms with Crippen LogP contribution in [0.2, 0.25) is 0 Å². The molecule has 8 aromatic rings. The molecule has 0 radical (unpaired) electrons. The van der Waals surface area contributed by atoms with E-state index in [1.807, 2.05) is 127 Å². The number of benzene rings is 4. The lowest BCUT2D eigenvalue weighted by atomic mass is 9.89. The zero-order chi connectivity index (χ0) is 68.2. The Morgan fingerprint density at radius 1 is 0.500 bits per heavy atom. The minimum Gasteiger partial charge on any atom is -0.508 e. The molecule has 2 aliphatic rings. The van der Waals surface area contributed by atoms with Crippen molar-refractivity contribution >= 4 is 58.0 Å². The predicted molar refractivity (Wildman–Crippen MR) is 362 cm³/mol. The summed E-state index contributed by atoms with van der Waals surface area (Å²) in [6.07, 6.45) is 7.10. The van der Waals surface area contributed by atoms with E-state index in [2.05, 4.69) is 61.5 Å². The van der Waals surface area contributed by atoms with Crippen LogP contribution in [0.1, 0.15) is 142 Å². The van der Waals surface area contributed by atoms with Gasteiger partial charge in [0.15, 0.2) is 23.2 Å². The summed E-state index contributed by atoms with van der Waals surface area (Å²) in [7, 11) is 0. The number of ether oxygens (including phenoxy) is 2. The third kappa shape index (κ3) is 18.0. The number of carbonyl (C=O) groups excluding carboxylic acids is 6. The number of thiophene rings is 2. The average Bonchev–Trinajstić information content (AvgIpc) is 1.40. The number of ketones is 2. The summed E-state index contributed by atoms with van der Waals surface area (Å²) in [6.45, 7) is 26.5. The smallest absolute Gasteiger partial charge is 0.313 e. The number of amides is 2. The van der Waals surface area contributed by atoms with Crippen molar-refractivity contribution in [3.63, 3.8) is 0 Å². The summed E-state index contributed by atoms with van der Waals surface area (Å²) in [6, 6.07) is 31.7. The molecule has 0 aliphatic carbocycles. The van der Waals surface area contributed by atoms with Crippen LogP contribution in [0, 0.1) is 42.2 Å². The molecule has 0 bridgehead atoms. The second-order valence-corrected chi connectivity index (χ2v) is 30.6. The molecule has 492 valence electrons. The first-order chi connectivity index (χ1) is 44.1. The number of likely N-dealkylation sites (tertiary alicyclic amines) is 2. The highest BCUT2D eigenvalue weighted by molar-refractivity contribution is 7.14. The Morgan fingerprint density at radius 3 is 1.19 bits per heavy atom. The van der Waals surface area contributed by atoms with Crippen molar-refractivity contribution in [2.75, 3.05) is 26.2 Å². The van der Waals surface area contributed by atoms with Crippen LogP contribution in [-0.2, 0) is 52.3 Å². The molecule has 2 amide bonds. The van der Waals surface area contributed by atoms with Gasteiger partial charge in [-0.05, 0) is 131 Å². The summed E-state index contributed by atoms with van der Waals surface area (Å²) >= 11 is 2.94. The zero-order valence-corrected chi connectivity index (χ0v) is 57.3. The highest BCUT2D eigenvalue weighted by Crippen LogP contribution is 2.36. The number of esters is 2. The molecule has 19 heteroatoms. The number of phenols is 1. The molecule has 15 nitrogen and oxygen atoms in total. The van der Waals surface area contributed by atoms with Gasteiger partial charge in [-0.1, -0.05) is 102 Å². The number of hydrogen-bond acceptors (Lipinski definition) is 15. The lowest BCUT2D eigenvalue weighted by Gasteiger charge is -2.40. The maximum absolute atomic E-state index is 14.5. The minimum atomic E-state index is -0.608. The number of hydrogen-bond donors (Lipinski definition) is 1. The Bertz CT molecular complexity index is 3790. The van der Waals surface area contributed by atoms with Gasteiger partial charge in [-0.15, -0.1) is 22.7 Å². The van der Waals surface area contributed by atoms with Gasteiger partial charge in [0.05, 0.1) is 21.6 Å². The number of aryl methyl sites for hydroxylation is 1. The number of carbonyl (C=O) groups is 6. The van der Waals surface area contributed by atoms with Gasteiger partial charge in [0.25, 0.3) is 0 Å². The first-order valence-electron chi connectivity index (χ1n) is 31.5. The largest absolute Gasteiger partial charge is 0.508 e. The van der Waals surface area contributed by atoms with E-state index in [1.54, 1.807) is 28.3 Å². The van der Waals surface area contributed by atoms with Crippen molar-refractivity contribution in [2.45, 2.75) is 138 Å². The van der Waals surface area contributed by atoms with Gasteiger partial charge in [-0.2, -0.15) is 0 Å². The minimum absolute atomic E-state index is 0.0523. The predicted octanol–water partition coefficient (Wildman–Crippen LogP) is 15.1. The number of phenolic OH excluding ortho intramolecular Hbond substituents is 1. The molecule has 4 aromatic heterocycles. The average molecular weight is 1310 g/mol. The van der Waals surface area contributed by atoms with Crippen molar-refractivity contribution < 1.29 is 52.1 Å². The molecule has 1 N–H and O–H groups in total. The summed E-state index contributed by atoms with van der Waals surface area (Å²) < 4.78 is 39.8. The van der Waals surface area contributed by atoms with Crippen molar-refractivity contribution in [1.82, 2.24) is 29.7 Å². The van der Waals surface area contributed by atoms with E-state index < -0.39 is 28.9 Å². The number of aromatic hydroxyl groups is 1. The molecule has 0 unspecified atom stereocenters. The molecule has 94 heavy (non-hydrogen) atoms. The lowest BCUT2D eigenvalue weighted by molar-refractivity contribution is -0.170. The Labute approximate surface area is 557 Å². The van der Waals surface area contributed by atoms with Gasteiger partial charge in [-0.3, -0.25) is 28.8 Å². The molecule has 6 heterocycles. The molecule has 2 atom stereocenters. The van der Waals surface area contributed by atoms with Crippen LogP contribution >= 0.6 is 22.7 Å². The summed E-state index contributed by atoms with van der Waals surface area (Å²) in [5.74, 6) is -3.12. The van der Waals surface area contributed by atoms with Crippen LogP contribution in [0.3, 0.4) is 0 Å². The molecule has 2 aliphatic heterocycles. The third-order valence-electron chi connectivity index (χ3n) is 16.1. The van der Waals surface area contributed by atoms with Crippen molar-refractivity contribution in [1.29, 1.82) is 0 Å². The molecule has 2 fully saturated rings. The summed E-state index contributed by atoms with van der Waals surface area (Å²) in [4.78, 5) is 104. The van der Waals surface area contributed by atoms with Crippen LogP contribution < -0.4 is 0 Å². The topological polar surface area (TPSA) is 199 Å². The molecule has 0 saturated carbocycles. The van der Waals surface area contributed by atoms with Crippen LogP contribution in [0.15, 0.2) is 134 Å². The van der Waals surface area contributed by atoms with E-state index in [0.717, 1.165) is 43.6 Å². The number of aromatic nitrogens is 4. The van der Waals surface area contributed by atoms with Crippen molar-refractivity contribution in [3.8, 4) is 50.8 Å². The fourth-order valence-electron chi connectivity index (χ4n) is 10.8. The molecular weight excluding hydrogens is 1230 g/mol.